The molecule has 0 saturated heterocycles. The van der Waals surface area contributed by atoms with Gasteiger partial charge in [-0.15, -0.1) is 0 Å². The Bertz CT molecular complexity index is 2600. The maximum atomic E-state index is 13.0. The van der Waals surface area contributed by atoms with E-state index in [0.29, 0.717) is 19.3 Å². The van der Waals surface area contributed by atoms with E-state index in [0.717, 1.165) is 186 Å². The molecule has 0 aliphatic heterocycles. The standard InChI is InChI=1S/C85H138O16P2/c1-4-7-10-13-16-19-22-25-28-30-32-34-36-37-38-39-40-41-43-45-46-48-51-53-56-59-62-65-68-71-83(88)95-74-80(86)75-97-102(91,92)98-76-81(87)77-99-103(93,94)100-79-82(101-85(90)73-70-67-64-61-58-55-50-27-24-21-18-15-12-9-6-3)78-96-84(89)72-69-66-63-60-57-54-52-49-47-44-42-35-33-31-29-26-23-20-17-14-11-8-5-2/h7-12,16-21,25-29,32-35,37-38,40-41,44,47,50,52,54,80-82,86-87H,4-6,13-15,22-24,30-31,36,39,42-43,45-46,48-49,51,53,55-79H2,1-3H3,(H,91,92)(H,93,94)/b10-7-,11-8-,12-9-,19-16-,20-17-,21-18-,28-25-,29-26-,34-32-,35-33-,38-37-,41-40-,47-44-,50-27-,54-52-. The summed E-state index contributed by atoms with van der Waals surface area (Å²) in [5.74, 6) is -1.64. The number of carbonyl (C=O) groups is 3. The fraction of sp³-hybridized carbons (Fsp3) is 0.612. The Labute approximate surface area is 624 Å². The molecule has 103 heavy (non-hydrogen) atoms. The zero-order valence-corrected chi connectivity index (χ0v) is 65.5. The highest BCUT2D eigenvalue weighted by Crippen LogP contribution is 2.45. The molecule has 0 rings (SSSR count). The van der Waals surface area contributed by atoms with E-state index < -0.39 is 91.5 Å². The molecule has 0 aromatic heterocycles. The lowest BCUT2D eigenvalue weighted by Crippen LogP contribution is -2.30. The van der Waals surface area contributed by atoms with Gasteiger partial charge in [0.1, 0.15) is 25.4 Å². The lowest BCUT2D eigenvalue weighted by molar-refractivity contribution is -0.161. The second kappa shape index (κ2) is 76.3. The summed E-state index contributed by atoms with van der Waals surface area (Å²) in [7, 11) is -9.82. The quantitative estimate of drug-likeness (QED) is 0.0146. The number of aliphatic hydroxyl groups excluding tert-OH is 2. The number of phosphoric acid groups is 2. The molecule has 0 fully saturated rings. The first-order chi connectivity index (χ1) is 50.2. The molecule has 0 amide bonds. The van der Waals surface area contributed by atoms with Crippen molar-refractivity contribution in [1.29, 1.82) is 0 Å². The van der Waals surface area contributed by atoms with E-state index in [1.165, 1.54) is 32.1 Å². The summed E-state index contributed by atoms with van der Waals surface area (Å²) in [5, 5.41) is 20.6. The Kier molecular flexibility index (Phi) is 72.3. The van der Waals surface area contributed by atoms with E-state index in [4.69, 9.17) is 32.3 Å². The maximum absolute atomic E-state index is 13.0. The molecule has 0 aromatic rings. The van der Waals surface area contributed by atoms with E-state index in [1.54, 1.807) is 0 Å². The summed E-state index contributed by atoms with van der Waals surface area (Å²) in [6.45, 7) is 2.26. The van der Waals surface area contributed by atoms with Gasteiger partial charge >= 0.3 is 33.6 Å². The minimum Gasteiger partial charge on any atom is -0.463 e. The number of ether oxygens (including phenoxy) is 3. The van der Waals surface area contributed by atoms with E-state index in [-0.39, 0.29) is 19.3 Å². The van der Waals surface area contributed by atoms with Gasteiger partial charge in [0.15, 0.2) is 6.10 Å². The average Bonchev–Trinajstić information content (AvgIpc) is 0.915. The van der Waals surface area contributed by atoms with Crippen LogP contribution in [0.3, 0.4) is 0 Å². The monoisotopic (exact) mass is 1480 g/mol. The Morgan fingerprint density at radius 1 is 0.272 bits per heavy atom. The molecule has 584 valence electrons. The van der Waals surface area contributed by atoms with E-state index in [9.17, 15) is 43.5 Å². The smallest absolute Gasteiger partial charge is 0.463 e. The molecular weight excluding hydrogens is 1340 g/mol. The van der Waals surface area contributed by atoms with Crippen LogP contribution >= 0.6 is 15.6 Å². The number of unbranched alkanes of at least 4 members (excludes halogenated alkanes) is 19. The minimum atomic E-state index is -4.95. The molecule has 5 atom stereocenters. The summed E-state index contributed by atoms with van der Waals surface area (Å²) in [5.41, 5.74) is 0. The van der Waals surface area contributed by atoms with Crippen LogP contribution in [0.25, 0.3) is 0 Å². The Balaban J connectivity index is 4.61. The summed E-state index contributed by atoms with van der Waals surface area (Å²) >= 11 is 0. The third kappa shape index (κ3) is 77.6. The van der Waals surface area contributed by atoms with Gasteiger partial charge in [-0.1, -0.05) is 287 Å². The van der Waals surface area contributed by atoms with Crippen molar-refractivity contribution >= 4 is 33.6 Å². The van der Waals surface area contributed by atoms with Crippen LogP contribution in [-0.2, 0) is 55.8 Å². The fourth-order valence-electron chi connectivity index (χ4n) is 9.77. The van der Waals surface area contributed by atoms with Gasteiger partial charge in [0, 0.05) is 19.3 Å². The first-order valence-corrected chi connectivity index (χ1v) is 42.1. The third-order valence-electron chi connectivity index (χ3n) is 15.6. The van der Waals surface area contributed by atoms with Gasteiger partial charge in [0.25, 0.3) is 0 Å². The Morgan fingerprint density at radius 2 is 0.485 bits per heavy atom. The lowest BCUT2D eigenvalue weighted by atomic mass is 10.1. The molecule has 0 saturated carbocycles. The Morgan fingerprint density at radius 3 is 0.767 bits per heavy atom. The number of aliphatic hydroxyl groups is 2. The second-order valence-corrected chi connectivity index (χ2v) is 28.3. The fourth-order valence-corrected chi connectivity index (χ4v) is 11.4. The van der Waals surface area contributed by atoms with Crippen LogP contribution in [-0.4, -0.2) is 95.9 Å². The van der Waals surface area contributed by atoms with Crippen molar-refractivity contribution in [3.63, 3.8) is 0 Å². The second-order valence-electron chi connectivity index (χ2n) is 25.4. The molecule has 5 unspecified atom stereocenters. The average molecular weight is 1480 g/mol. The predicted molar refractivity (Wildman–Crippen MR) is 426 cm³/mol. The first kappa shape index (κ1) is 97.7. The molecule has 16 nitrogen and oxygen atoms in total. The van der Waals surface area contributed by atoms with Crippen molar-refractivity contribution in [3.8, 4) is 0 Å². The molecule has 0 spiro atoms. The van der Waals surface area contributed by atoms with Crippen LogP contribution in [0.1, 0.15) is 278 Å². The molecule has 0 aliphatic rings. The lowest BCUT2D eigenvalue weighted by Gasteiger charge is -2.21. The highest BCUT2D eigenvalue weighted by Gasteiger charge is 2.29. The van der Waals surface area contributed by atoms with E-state index in [2.05, 4.69) is 203 Å². The van der Waals surface area contributed by atoms with Crippen LogP contribution in [0.15, 0.2) is 182 Å². The van der Waals surface area contributed by atoms with Crippen LogP contribution in [0.2, 0.25) is 0 Å². The summed E-state index contributed by atoms with van der Waals surface area (Å²) < 4.78 is 61.1. The van der Waals surface area contributed by atoms with Crippen LogP contribution in [0.5, 0.6) is 0 Å². The van der Waals surface area contributed by atoms with Crippen LogP contribution in [0, 0.1) is 0 Å². The number of hydrogen-bond donors (Lipinski definition) is 4. The summed E-state index contributed by atoms with van der Waals surface area (Å²) in [4.78, 5) is 58.6. The molecule has 0 bridgehead atoms. The summed E-state index contributed by atoms with van der Waals surface area (Å²) in [6, 6.07) is 0. The third-order valence-corrected chi connectivity index (χ3v) is 17.5. The predicted octanol–water partition coefficient (Wildman–Crippen LogP) is 23.0. The van der Waals surface area contributed by atoms with Gasteiger partial charge < -0.3 is 34.2 Å². The van der Waals surface area contributed by atoms with Crippen molar-refractivity contribution in [1.82, 2.24) is 0 Å². The van der Waals surface area contributed by atoms with Crippen molar-refractivity contribution in [3.05, 3.63) is 182 Å². The molecule has 0 heterocycles. The van der Waals surface area contributed by atoms with Crippen LogP contribution in [0.4, 0.5) is 0 Å². The highest BCUT2D eigenvalue weighted by atomic mass is 31.2. The largest absolute Gasteiger partial charge is 0.472 e. The molecule has 0 radical (unpaired) electrons. The molecule has 4 N–H and O–H groups in total. The van der Waals surface area contributed by atoms with Gasteiger partial charge in [-0.25, -0.2) is 9.13 Å². The van der Waals surface area contributed by atoms with Gasteiger partial charge in [-0.2, -0.15) is 0 Å². The Hall–Kier alpha value is -5.35. The maximum Gasteiger partial charge on any atom is 0.472 e. The minimum absolute atomic E-state index is 0.0723. The van der Waals surface area contributed by atoms with Crippen molar-refractivity contribution < 1.29 is 75.8 Å². The number of esters is 3. The van der Waals surface area contributed by atoms with Gasteiger partial charge in [0.05, 0.1) is 26.4 Å². The van der Waals surface area contributed by atoms with Crippen molar-refractivity contribution in [2.75, 3.05) is 39.6 Å². The molecule has 18 heteroatoms. The number of hydrogen-bond acceptors (Lipinski definition) is 14. The van der Waals surface area contributed by atoms with E-state index >= 15 is 0 Å². The number of carbonyl (C=O) groups excluding carboxylic acids is 3. The number of phosphoric ester groups is 2. The zero-order valence-electron chi connectivity index (χ0n) is 63.7. The molecule has 0 aromatic carbocycles. The SMILES string of the molecule is CC/C=C\C/C=C\C/C=C\C/C=C\C/C=C\C/C=C\CCCCCCCCCCCCC(=O)OCC(O)COP(=O)(O)OCC(O)COP(=O)(O)OCC(COC(=O)CCCCCC/C=C\C/C=C\C/C=C\C/C=C\C/C=C\C/C=C\CC)OC(=O)CCCCCCC/C=C\C/C=C\C/C=C\CC. The highest BCUT2D eigenvalue weighted by molar-refractivity contribution is 7.47. The molecular formula is C85H138O16P2. The number of rotatable bonds is 72. The van der Waals surface area contributed by atoms with Gasteiger partial charge in [-0.3, -0.25) is 32.5 Å². The van der Waals surface area contributed by atoms with Gasteiger partial charge in [0.2, 0.25) is 0 Å². The zero-order chi connectivity index (χ0) is 75.2. The number of allylic oxidation sites excluding steroid dienone is 30. The van der Waals surface area contributed by atoms with Crippen molar-refractivity contribution in [2.24, 2.45) is 0 Å². The van der Waals surface area contributed by atoms with Crippen molar-refractivity contribution in [2.45, 2.75) is 296 Å². The molecule has 0 aliphatic carbocycles. The first-order valence-electron chi connectivity index (χ1n) is 39.1. The van der Waals surface area contributed by atoms with Gasteiger partial charge in [-0.05, 0) is 154 Å². The van der Waals surface area contributed by atoms with Crippen LogP contribution < -0.4 is 0 Å². The van der Waals surface area contributed by atoms with E-state index in [1.807, 2.05) is 0 Å². The summed E-state index contributed by atoms with van der Waals surface area (Å²) in [6.07, 6.45) is 97.9. The normalized spacial score (nSPS) is 15.0. The topological polar surface area (TPSA) is 231 Å².